The van der Waals surface area contributed by atoms with Gasteiger partial charge in [-0.05, 0) is 39.8 Å². The summed E-state index contributed by atoms with van der Waals surface area (Å²) in [5, 5.41) is 24.7. The Balaban J connectivity index is 1.56. The van der Waals surface area contributed by atoms with Crippen LogP contribution in [0.3, 0.4) is 0 Å². The lowest BCUT2D eigenvalue weighted by Crippen LogP contribution is -2.53. The third-order valence-corrected chi connectivity index (χ3v) is 6.94. The summed E-state index contributed by atoms with van der Waals surface area (Å²) in [7, 11) is 0. The van der Waals surface area contributed by atoms with Crippen LogP contribution in [0.4, 0.5) is 10.3 Å². The zero-order valence-corrected chi connectivity index (χ0v) is 20.9. The van der Waals surface area contributed by atoms with Crippen molar-refractivity contribution in [1.82, 2.24) is 19.5 Å². The van der Waals surface area contributed by atoms with Gasteiger partial charge >= 0.3 is 0 Å². The third kappa shape index (κ3) is 4.17. The number of ether oxygens (including phenoxy) is 2. The molecule has 2 aromatic heterocycles. The second kappa shape index (κ2) is 8.63. The predicted octanol–water partition coefficient (Wildman–Crippen LogP) is 3.63. The zero-order valence-electron chi connectivity index (χ0n) is 20.2. The Morgan fingerprint density at radius 1 is 1.29 bits per heavy atom. The van der Waals surface area contributed by atoms with Crippen LogP contribution in [0.15, 0.2) is 18.3 Å². The number of nitrogens with zero attached hydrogens (tertiary/aromatic N) is 4. The molecule has 1 unspecified atom stereocenters. The van der Waals surface area contributed by atoms with Gasteiger partial charge < -0.3 is 29.6 Å². The minimum Gasteiger partial charge on any atom is -0.386 e. The molecule has 5 rings (SSSR count). The van der Waals surface area contributed by atoms with Crippen molar-refractivity contribution in [2.45, 2.75) is 70.8 Å². The number of halogens is 2. The fraction of sp³-hybridized carbons (Fsp3) is 0.542. The van der Waals surface area contributed by atoms with Gasteiger partial charge in [0.05, 0.1) is 41.2 Å². The Morgan fingerprint density at radius 3 is 2.71 bits per heavy atom. The molecule has 11 heteroatoms. The molecule has 0 radical (unpaired) electrons. The number of fused-ring (bicyclic) bond motifs is 3. The van der Waals surface area contributed by atoms with E-state index in [0.717, 1.165) is 0 Å². The molecule has 188 valence electrons. The van der Waals surface area contributed by atoms with E-state index < -0.39 is 29.9 Å². The second-order valence-electron chi connectivity index (χ2n) is 10.1. The lowest BCUT2D eigenvalue weighted by molar-refractivity contribution is -0.170. The molecule has 4 heterocycles. The summed E-state index contributed by atoms with van der Waals surface area (Å²) in [6, 6.07) is 2.61. The molecule has 9 nitrogen and oxygen atoms in total. The van der Waals surface area contributed by atoms with Crippen molar-refractivity contribution in [1.29, 1.82) is 0 Å². The maximum Gasteiger partial charge on any atom is 0.223 e. The monoisotopic (exact) mass is 505 g/mol. The van der Waals surface area contributed by atoms with Gasteiger partial charge in [-0.3, -0.25) is 0 Å². The summed E-state index contributed by atoms with van der Waals surface area (Å²) in [6.07, 6.45) is -0.290. The van der Waals surface area contributed by atoms with Crippen LogP contribution in [0.2, 0.25) is 5.02 Å². The number of aromatic nitrogens is 4. The van der Waals surface area contributed by atoms with Crippen LogP contribution in [-0.4, -0.2) is 60.9 Å². The molecule has 5 atom stereocenters. The lowest BCUT2D eigenvalue weighted by atomic mass is 9.90. The molecule has 0 aliphatic carbocycles. The Morgan fingerprint density at radius 2 is 2.03 bits per heavy atom. The maximum atomic E-state index is 15.3. The van der Waals surface area contributed by atoms with Gasteiger partial charge in [0, 0.05) is 17.5 Å². The van der Waals surface area contributed by atoms with Crippen LogP contribution < -0.4 is 5.32 Å². The van der Waals surface area contributed by atoms with Crippen molar-refractivity contribution in [3.63, 3.8) is 0 Å². The topological polar surface area (TPSA) is 115 Å². The lowest BCUT2D eigenvalue weighted by Gasteiger charge is -2.37. The van der Waals surface area contributed by atoms with Crippen LogP contribution in [0, 0.1) is 11.7 Å². The Labute approximate surface area is 207 Å². The van der Waals surface area contributed by atoms with Crippen molar-refractivity contribution in [2.24, 2.45) is 5.92 Å². The van der Waals surface area contributed by atoms with E-state index in [4.69, 9.17) is 21.1 Å². The summed E-state index contributed by atoms with van der Waals surface area (Å²) >= 11 is 6.44. The van der Waals surface area contributed by atoms with E-state index in [9.17, 15) is 10.2 Å². The van der Waals surface area contributed by atoms with Gasteiger partial charge in [-0.25, -0.2) is 19.3 Å². The first-order valence-electron chi connectivity index (χ1n) is 11.6. The van der Waals surface area contributed by atoms with Gasteiger partial charge in [-0.15, -0.1) is 0 Å². The SMILES string of the molecule is CC(C)n1c(C(C)(C)O)nc2c(F)cc(-c3nc(NC4[C@@H](C)[C@H]5CO[C@H](O5)[C@H]4O)ncc3Cl)cc21. The smallest absolute Gasteiger partial charge is 0.223 e. The molecule has 0 spiro atoms. The van der Waals surface area contributed by atoms with Crippen molar-refractivity contribution in [3.8, 4) is 11.3 Å². The van der Waals surface area contributed by atoms with Crippen LogP contribution in [0.1, 0.15) is 46.5 Å². The van der Waals surface area contributed by atoms with Crippen molar-refractivity contribution in [3.05, 3.63) is 35.0 Å². The van der Waals surface area contributed by atoms with Crippen LogP contribution in [-0.2, 0) is 15.1 Å². The van der Waals surface area contributed by atoms with Crippen molar-refractivity contribution < 1.29 is 24.1 Å². The van der Waals surface area contributed by atoms with Gasteiger partial charge in [0.2, 0.25) is 5.95 Å². The second-order valence-corrected chi connectivity index (χ2v) is 10.5. The molecular formula is C24H29ClFN5O4. The highest BCUT2D eigenvalue weighted by molar-refractivity contribution is 6.33. The quantitative estimate of drug-likeness (QED) is 0.481. The first-order valence-corrected chi connectivity index (χ1v) is 12.0. The summed E-state index contributed by atoms with van der Waals surface area (Å²) < 4.78 is 28.2. The van der Waals surface area contributed by atoms with Gasteiger partial charge in [0.25, 0.3) is 0 Å². The van der Waals surface area contributed by atoms with Crippen LogP contribution >= 0.6 is 11.6 Å². The fourth-order valence-corrected chi connectivity index (χ4v) is 5.06. The highest BCUT2D eigenvalue weighted by Crippen LogP contribution is 2.36. The molecule has 2 bridgehead atoms. The number of aliphatic hydroxyl groups excluding tert-OH is 1. The molecule has 3 N–H and O–H groups in total. The average Bonchev–Trinajstić information content (AvgIpc) is 3.40. The average molecular weight is 506 g/mol. The highest BCUT2D eigenvalue weighted by Gasteiger charge is 2.48. The molecule has 2 fully saturated rings. The predicted molar refractivity (Wildman–Crippen MR) is 129 cm³/mol. The summed E-state index contributed by atoms with van der Waals surface area (Å²) in [5.74, 6) is 0.0143. The Kier molecular flexibility index (Phi) is 6.00. The molecule has 0 saturated carbocycles. The highest BCUT2D eigenvalue weighted by atomic mass is 35.5. The standard InChI is InChI=1S/C24H29ClFN5O4/c1-10(2)31-15-7-12(6-14(26)19(15)28-22(31)24(4,5)33)18-13(25)8-27-23(30-18)29-17-11(3)16-9-34-21(35-16)20(17)32/h6-8,10-11,16-17,20-21,32-33H,9H2,1-5H3,(H,27,29,30)/t11-,16+,17?,20-,21+/m0/s1. The van der Waals surface area contributed by atoms with Crippen molar-refractivity contribution in [2.75, 3.05) is 11.9 Å². The number of benzene rings is 1. The van der Waals surface area contributed by atoms with E-state index >= 15 is 4.39 Å². The van der Waals surface area contributed by atoms with Gasteiger partial charge in [0.15, 0.2) is 12.1 Å². The fourth-order valence-electron chi connectivity index (χ4n) is 4.86. The van der Waals surface area contributed by atoms with E-state index in [-0.39, 0.29) is 34.6 Å². The van der Waals surface area contributed by atoms with E-state index in [0.29, 0.717) is 29.2 Å². The number of hydrogen-bond donors (Lipinski definition) is 3. The number of imidazole rings is 1. The van der Waals surface area contributed by atoms with Gasteiger partial charge in [0.1, 0.15) is 23.0 Å². The van der Waals surface area contributed by atoms with Gasteiger partial charge in [-0.1, -0.05) is 18.5 Å². The summed E-state index contributed by atoms with van der Waals surface area (Å²) in [6.45, 7) is 9.50. The summed E-state index contributed by atoms with van der Waals surface area (Å²) in [4.78, 5) is 13.2. The maximum absolute atomic E-state index is 15.3. The van der Waals surface area contributed by atoms with Crippen LogP contribution in [0.25, 0.3) is 22.3 Å². The molecule has 2 aliphatic rings. The largest absolute Gasteiger partial charge is 0.386 e. The number of nitrogens with one attached hydrogen (secondary N) is 1. The molecule has 35 heavy (non-hydrogen) atoms. The van der Waals surface area contributed by atoms with E-state index in [1.54, 1.807) is 19.9 Å². The molecule has 0 amide bonds. The van der Waals surface area contributed by atoms with E-state index in [1.165, 1.54) is 12.3 Å². The summed E-state index contributed by atoms with van der Waals surface area (Å²) in [5.41, 5.74) is 0.207. The number of rotatable bonds is 5. The van der Waals surface area contributed by atoms with E-state index in [1.807, 2.05) is 25.3 Å². The molecule has 2 saturated heterocycles. The molecule has 2 aliphatic heterocycles. The Bertz CT molecular complexity index is 1260. The number of anilines is 1. The Hall–Kier alpha value is -2.37. The number of hydrogen-bond acceptors (Lipinski definition) is 8. The molecule has 3 aromatic rings. The van der Waals surface area contributed by atoms with Crippen molar-refractivity contribution >= 4 is 28.6 Å². The van der Waals surface area contributed by atoms with Gasteiger partial charge in [-0.2, -0.15) is 0 Å². The zero-order chi connectivity index (χ0) is 25.2. The minimum absolute atomic E-state index is 0.0547. The normalized spacial score (nSPS) is 26.6. The minimum atomic E-state index is -1.26. The first-order chi connectivity index (χ1) is 16.5. The first kappa shape index (κ1) is 24.3. The van der Waals surface area contributed by atoms with E-state index in [2.05, 4.69) is 20.3 Å². The third-order valence-electron chi connectivity index (χ3n) is 6.66. The van der Waals surface area contributed by atoms with Crippen LogP contribution in [0.5, 0.6) is 0 Å². The number of aliphatic hydroxyl groups is 2. The molecular weight excluding hydrogens is 477 g/mol. The molecule has 1 aromatic carbocycles.